The molecule has 1 unspecified atom stereocenters. The second kappa shape index (κ2) is 12.2. The fourth-order valence-corrected chi connectivity index (χ4v) is 4.35. The normalized spacial score (nSPS) is 11.7. The van der Waals surface area contributed by atoms with E-state index in [-0.39, 0.29) is 17.6 Å². The number of hydrogen-bond donors (Lipinski definition) is 1. The first-order valence-corrected chi connectivity index (χ1v) is 12.2. The molecule has 34 heavy (non-hydrogen) atoms. The summed E-state index contributed by atoms with van der Waals surface area (Å²) in [6, 6.07) is 13.6. The summed E-state index contributed by atoms with van der Waals surface area (Å²) in [7, 11) is 1.63. The van der Waals surface area contributed by atoms with Gasteiger partial charge in [-0.1, -0.05) is 43.7 Å². The minimum Gasteiger partial charge on any atom is -0.497 e. The number of aromatic nitrogens is 3. The SMILES string of the molecule is CCCCCC(=O)NC(C)c1nnc(SCc2cccc(OC)c2)n1-c1ccc([N+](=O)[O-])cc1. The number of carbonyl (C=O) groups excluding carboxylic acids is 1. The van der Waals surface area contributed by atoms with Crippen LogP contribution in [0.15, 0.2) is 53.7 Å². The van der Waals surface area contributed by atoms with Gasteiger partial charge in [-0.25, -0.2) is 0 Å². The highest BCUT2D eigenvalue weighted by atomic mass is 32.2. The molecule has 0 fully saturated rings. The van der Waals surface area contributed by atoms with E-state index in [0.717, 1.165) is 30.6 Å². The highest BCUT2D eigenvalue weighted by Gasteiger charge is 2.21. The van der Waals surface area contributed by atoms with Crippen molar-refractivity contribution in [3.63, 3.8) is 0 Å². The Morgan fingerprint density at radius 1 is 1.21 bits per heavy atom. The molecule has 1 N–H and O–H groups in total. The van der Waals surface area contributed by atoms with Gasteiger partial charge in [-0.2, -0.15) is 0 Å². The van der Waals surface area contributed by atoms with Crippen LogP contribution in [0.3, 0.4) is 0 Å². The number of amides is 1. The first-order valence-electron chi connectivity index (χ1n) is 11.2. The fourth-order valence-electron chi connectivity index (χ4n) is 3.45. The summed E-state index contributed by atoms with van der Waals surface area (Å²) in [6.45, 7) is 3.96. The van der Waals surface area contributed by atoms with E-state index < -0.39 is 4.92 Å². The molecule has 10 heteroatoms. The average Bonchev–Trinajstić information content (AvgIpc) is 3.27. The number of ether oxygens (including phenoxy) is 1. The standard InChI is InChI=1S/C24H29N5O4S/c1-4-5-6-10-22(30)25-17(2)23-26-27-24(34-16-18-8-7-9-21(15-18)33-3)28(23)19-11-13-20(14-12-19)29(31)32/h7-9,11-15,17H,4-6,10,16H2,1-3H3,(H,25,30). The zero-order chi connectivity index (χ0) is 24.5. The van der Waals surface area contributed by atoms with E-state index in [0.29, 0.717) is 28.8 Å². The molecule has 1 heterocycles. The first kappa shape index (κ1) is 25.2. The quantitative estimate of drug-likeness (QED) is 0.162. The molecular weight excluding hydrogens is 454 g/mol. The Bertz CT molecular complexity index is 1120. The van der Waals surface area contributed by atoms with E-state index >= 15 is 0 Å². The van der Waals surface area contributed by atoms with Gasteiger partial charge in [0.2, 0.25) is 5.91 Å². The number of rotatable bonds is 12. The summed E-state index contributed by atoms with van der Waals surface area (Å²) in [5.41, 5.74) is 1.74. The highest BCUT2D eigenvalue weighted by molar-refractivity contribution is 7.98. The van der Waals surface area contributed by atoms with Crippen LogP contribution in [0, 0.1) is 10.1 Å². The van der Waals surface area contributed by atoms with Gasteiger partial charge >= 0.3 is 0 Å². The van der Waals surface area contributed by atoms with Crippen LogP contribution in [0.1, 0.15) is 57.0 Å². The zero-order valence-corrected chi connectivity index (χ0v) is 20.4. The monoisotopic (exact) mass is 483 g/mol. The molecule has 1 aromatic heterocycles. The molecule has 9 nitrogen and oxygen atoms in total. The lowest BCUT2D eigenvalue weighted by Gasteiger charge is -2.16. The Morgan fingerprint density at radius 3 is 2.65 bits per heavy atom. The van der Waals surface area contributed by atoms with Crippen LogP contribution in [-0.4, -0.2) is 32.7 Å². The molecule has 0 saturated heterocycles. The Kier molecular flexibility index (Phi) is 9.03. The number of carbonyl (C=O) groups is 1. The van der Waals surface area contributed by atoms with Crippen molar-refractivity contribution in [1.29, 1.82) is 0 Å². The summed E-state index contributed by atoms with van der Waals surface area (Å²) in [4.78, 5) is 23.0. The van der Waals surface area contributed by atoms with E-state index in [9.17, 15) is 14.9 Å². The number of nitrogens with one attached hydrogen (secondary N) is 1. The maximum Gasteiger partial charge on any atom is 0.269 e. The Labute approximate surface area is 203 Å². The highest BCUT2D eigenvalue weighted by Crippen LogP contribution is 2.29. The minimum atomic E-state index is -0.436. The summed E-state index contributed by atoms with van der Waals surface area (Å²) >= 11 is 1.49. The number of nitro benzene ring substituents is 1. The number of methoxy groups -OCH3 is 1. The number of unbranched alkanes of at least 4 members (excludes halogenated alkanes) is 2. The molecule has 0 spiro atoms. The summed E-state index contributed by atoms with van der Waals surface area (Å²) < 4.78 is 7.14. The molecule has 0 bridgehead atoms. The largest absolute Gasteiger partial charge is 0.497 e. The third-order valence-corrected chi connectivity index (χ3v) is 6.25. The Morgan fingerprint density at radius 2 is 1.97 bits per heavy atom. The maximum absolute atomic E-state index is 12.4. The van der Waals surface area contributed by atoms with Crippen LogP contribution in [0.5, 0.6) is 5.75 Å². The van der Waals surface area contributed by atoms with Gasteiger partial charge in [-0.3, -0.25) is 19.5 Å². The molecule has 2 aromatic carbocycles. The summed E-state index contributed by atoms with van der Waals surface area (Å²) in [5, 5.41) is 23.5. The van der Waals surface area contributed by atoms with Crippen molar-refractivity contribution in [2.45, 2.75) is 56.5 Å². The maximum atomic E-state index is 12.4. The Balaban J connectivity index is 1.87. The molecule has 0 radical (unpaired) electrons. The molecule has 3 rings (SSSR count). The molecule has 0 aliphatic rings. The lowest BCUT2D eigenvalue weighted by Crippen LogP contribution is -2.28. The molecule has 3 aromatic rings. The van der Waals surface area contributed by atoms with Crippen LogP contribution < -0.4 is 10.1 Å². The van der Waals surface area contributed by atoms with Crippen molar-refractivity contribution in [2.24, 2.45) is 0 Å². The third-order valence-electron chi connectivity index (χ3n) is 5.25. The third kappa shape index (κ3) is 6.57. The summed E-state index contributed by atoms with van der Waals surface area (Å²) in [5.74, 6) is 1.92. The van der Waals surface area contributed by atoms with E-state index in [4.69, 9.17) is 4.74 Å². The van der Waals surface area contributed by atoms with Gasteiger partial charge in [-0.15, -0.1) is 10.2 Å². The van der Waals surface area contributed by atoms with Gasteiger partial charge in [0.05, 0.1) is 18.1 Å². The zero-order valence-electron chi connectivity index (χ0n) is 19.6. The van der Waals surface area contributed by atoms with E-state index in [2.05, 4.69) is 22.4 Å². The smallest absolute Gasteiger partial charge is 0.269 e. The van der Waals surface area contributed by atoms with Crippen LogP contribution >= 0.6 is 11.8 Å². The minimum absolute atomic E-state index is 0.00114. The number of benzene rings is 2. The second-order valence-corrected chi connectivity index (χ2v) is 8.78. The first-order chi connectivity index (χ1) is 16.4. The molecule has 1 amide bonds. The lowest BCUT2D eigenvalue weighted by atomic mass is 10.2. The molecule has 1 atom stereocenters. The number of nitrogens with zero attached hydrogens (tertiary/aromatic N) is 4. The van der Waals surface area contributed by atoms with Crippen LogP contribution in [0.4, 0.5) is 5.69 Å². The predicted molar refractivity (Wildman–Crippen MR) is 131 cm³/mol. The predicted octanol–water partition coefficient (Wildman–Crippen LogP) is 5.23. The van der Waals surface area contributed by atoms with Crippen molar-refractivity contribution < 1.29 is 14.5 Å². The molecule has 0 aliphatic carbocycles. The van der Waals surface area contributed by atoms with E-state index in [1.54, 1.807) is 19.2 Å². The lowest BCUT2D eigenvalue weighted by molar-refractivity contribution is -0.384. The molecule has 180 valence electrons. The number of nitro groups is 1. The van der Waals surface area contributed by atoms with Crippen LogP contribution in [0.25, 0.3) is 5.69 Å². The topological polar surface area (TPSA) is 112 Å². The molecule has 0 aliphatic heterocycles. The Hall–Kier alpha value is -3.40. The van der Waals surface area contributed by atoms with E-state index in [1.165, 1.54) is 23.9 Å². The summed E-state index contributed by atoms with van der Waals surface area (Å²) in [6.07, 6.45) is 3.35. The van der Waals surface area contributed by atoms with E-state index in [1.807, 2.05) is 35.8 Å². The van der Waals surface area contributed by atoms with Crippen molar-refractivity contribution in [2.75, 3.05) is 7.11 Å². The van der Waals surface area contributed by atoms with Gasteiger partial charge in [-0.05, 0) is 43.2 Å². The average molecular weight is 484 g/mol. The molecule has 0 saturated carbocycles. The number of non-ortho nitro benzene ring substituents is 1. The number of thioether (sulfide) groups is 1. The second-order valence-electron chi connectivity index (χ2n) is 7.84. The van der Waals surface area contributed by atoms with Gasteiger partial charge in [0.15, 0.2) is 11.0 Å². The van der Waals surface area contributed by atoms with Gasteiger partial charge in [0.25, 0.3) is 5.69 Å². The van der Waals surface area contributed by atoms with Crippen molar-refractivity contribution in [1.82, 2.24) is 20.1 Å². The number of hydrogen-bond acceptors (Lipinski definition) is 7. The van der Waals surface area contributed by atoms with Gasteiger partial charge in [0, 0.05) is 30.0 Å². The van der Waals surface area contributed by atoms with Crippen molar-refractivity contribution in [3.8, 4) is 11.4 Å². The fraction of sp³-hybridized carbons (Fsp3) is 0.375. The van der Waals surface area contributed by atoms with Crippen molar-refractivity contribution in [3.05, 3.63) is 70.0 Å². The molecular formula is C24H29N5O4S. The van der Waals surface area contributed by atoms with Gasteiger partial charge < -0.3 is 10.1 Å². The van der Waals surface area contributed by atoms with Crippen LogP contribution in [0.2, 0.25) is 0 Å². The van der Waals surface area contributed by atoms with Gasteiger partial charge in [0.1, 0.15) is 5.75 Å². The van der Waals surface area contributed by atoms with Crippen molar-refractivity contribution >= 4 is 23.4 Å². The van der Waals surface area contributed by atoms with Crippen LogP contribution in [-0.2, 0) is 10.5 Å².